The Morgan fingerprint density at radius 2 is 2.47 bits per heavy atom. The molecule has 0 radical (unpaired) electrons. The zero-order chi connectivity index (χ0) is 13.9. The van der Waals surface area contributed by atoms with Gasteiger partial charge in [0.1, 0.15) is 6.61 Å². The van der Waals surface area contributed by atoms with E-state index in [0.29, 0.717) is 25.5 Å². The molecule has 1 unspecified atom stereocenters. The number of hydrogen-bond donors (Lipinski definition) is 1. The molecule has 0 aromatic carbocycles. The summed E-state index contributed by atoms with van der Waals surface area (Å²) in [5, 5.41) is 13.3. The van der Waals surface area contributed by atoms with E-state index in [-0.39, 0.29) is 0 Å². The molecule has 19 heavy (non-hydrogen) atoms. The van der Waals surface area contributed by atoms with E-state index in [2.05, 4.69) is 10.1 Å². The fourth-order valence-electron chi connectivity index (χ4n) is 2.52. The van der Waals surface area contributed by atoms with E-state index < -0.39 is 11.4 Å². The summed E-state index contributed by atoms with van der Waals surface area (Å²) < 4.78 is 10.1. The SMILES string of the molecule is COCc1cc(CN2CCCC(C)(C(=O)O)C2)no1. The molecule has 6 heteroatoms. The highest BCUT2D eigenvalue weighted by atomic mass is 16.5. The van der Waals surface area contributed by atoms with Crippen LogP contribution in [-0.2, 0) is 22.7 Å². The van der Waals surface area contributed by atoms with Crippen LogP contribution in [0.15, 0.2) is 10.6 Å². The number of rotatable bonds is 5. The summed E-state index contributed by atoms with van der Waals surface area (Å²) >= 11 is 0. The van der Waals surface area contributed by atoms with Crippen molar-refractivity contribution in [2.24, 2.45) is 5.41 Å². The molecule has 2 heterocycles. The maximum Gasteiger partial charge on any atom is 0.310 e. The normalized spacial score (nSPS) is 24.5. The van der Waals surface area contributed by atoms with Crippen molar-refractivity contribution in [1.82, 2.24) is 10.1 Å². The third-order valence-corrected chi connectivity index (χ3v) is 3.57. The standard InChI is InChI=1S/C13H20N2O4/c1-13(12(16)17)4-3-5-15(9-13)7-10-6-11(8-18-2)19-14-10/h6H,3-5,7-9H2,1-2H3,(H,16,17). The second kappa shape index (κ2) is 5.71. The number of nitrogens with zero attached hydrogens (tertiary/aromatic N) is 2. The topological polar surface area (TPSA) is 75.8 Å². The Labute approximate surface area is 112 Å². The minimum Gasteiger partial charge on any atom is -0.481 e. The molecule has 1 atom stereocenters. The predicted octanol–water partition coefficient (Wildman–Crippen LogP) is 1.51. The average molecular weight is 268 g/mol. The van der Waals surface area contributed by atoms with Crippen LogP contribution in [0.5, 0.6) is 0 Å². The van der Waals surface area contributed by atoms with Gasteiger partial charge in [-0.05, 0) is 26.3 Å². The van der Waals surface area contributed by atoms with E-state index in [9.17, 15) is 9.90 Å². The van der Waals surface area contributed by atoms with E-state index in [1.165, 1.54) is 0 Å². The van der Waals surface area contributed by atoms with Crippen molar-refractivity contribution < 1.29 is 19.2 Å². The Bertz CT molecular complexity index is 446. The molecule has 2 rings (SSSR count). The number of hydrogen-bond acceptors (Lipinski definition) is 5. The molecule has 0 bridgehead atoms. The van der Waals surface area contributed by atoms with Crippen LogP contribution in [0.3, 0.4) is 0 Å². The Hall–Kier alpha value is -1.40. The van der Waals surface area contributed by atoms with Crippen molar-refractivity contribution in [2.45, 2.75) is 32.9 Å². The number of carboxylic acids is 1. The van der Waals surface area contributed by atoms with Gasteiger partial charge in [-0.15, -0.1) is 0 Å². The van der Waals surface area contributed by atoms with Gasteiger partial charge in [0.05, 0.1) is 11.1 Å². The van der Waals surface area contributed by atoms with Crippen molar-refractivity contribution in [3.05, 3.63) is 17.5 Å². The molecule has 1 saturated heterocycles. The molecule has 106 valence electrons. The van der Waals surface area contributed by atoms with Gasteiger partial charge in [-0.1, -0.05) is 5.16 Å². The minimum atomic E-state index is -0.725. The van der Waals surface area contributed by atoms with Crippen LogP contribution in [0.4, 0.5) is 0 Å². The maximum absolute atomic E-state index is 11.3. The summed E-state index contributed by atoms with van der Waals surface area (Å²) in [5.41, 5.74) is 0.166. The highest BCUT2D eigenvalue weighted by Gasteiger charge is 2.37. The Balaban J connectivity index is 1.96. The van der Waals surface area contributed by atoms with Crippen molar-refractivity contribution >= 4 is 5.97 Å². The zero-order valence-corrected chi connectivity index (χ0v) is 11.4. The third kappa shape index (κ3) is 3.33. The summed E-state index contributed by atoms with van der Waals surface area (Å²) in [6.45, 7) is 4.28. The van der Waals surface area contributed by atoms with Crippen molar-refractivity contribution in [1.29, 1.82) is 0 Å². The van der Waals surface area contributed by atoms with Gasteiger partial charge in [0.2, 0.25) is 0 Å². The monoisotopic (exact) mass is 268 g/mol. The van der Waals surface area contributed by atoms with E-state index in [0.717, 1.165) is 25.1 Å². The molecule has 1 aliphatic rings. The van der Waals surface area contributed by atoms with Crippen molar-refractivity contribution in [2.75, 3.05) is 20.2 Å². The first-order valence-electron chi connectivity index (χ1n) is 6.43. The quantitative estimate of drug-likeness (QED) is 0.872. The fraction of sp³-hybridized carbons (Fsp3) is 0.692. The van der Waals surface area contributed by atoms with Gasteiger partial charge in [0, 0.05) is 26.3 Å². The summed E-state index contributed by atoms with van der Waals surface area (Å²) in [5.74, 6) is -0.0343. The van der Waals surface area contributed by atoms with Crippen molar-refractivity contribution in [3.8, 4) is 0 Å². The molecule has 0 saturated carbocycles. The lowest BCUT2D eigenvalue weighted by Gasteiger charge is -2.37. The van der Waals surface area contributed by atoms with Crippen LogP contribution >= 0.6 is 0 Å². The fourth-order valence-corrected chi connectivity index (χ4v) is 2.52. The lowest BCUT2D eigenvalue weighted by Crippen LogP contribution is -2.45. The number of ether oxygens (including phenoxy) is 1. The largest absolute Gasteiger partial charge is 0.481 e. The molecule has 0 aliphatic carbocycles. The Morgan fingerprint density at radius 3 is 3.16 bits per heavy atom. The first kappa shape index (κ1) is 14.0. The van der Waals surface area contributed by atoms with Gasteiger partial charge in [-0.25, -0.2) is 0 Å². The molecule has 1 fully saturated rings. The lowest BCUT2D eigenvalue weighted by molar-refractivity contribution is -0.151. The molecule has 1 aromatic heterocycles. The van der Waals surface area contributed by atoms with E-state index in [4.69, 9.17) is 9.26 Å². The second-order valence-corrected chi connectivity index (χ2v) is 5.40. The molecule has 1 N–H and O–H groups in total. The van der Waals surface area contributed by atoms with Gasteiger partial charge in [-0.2, -0.15) is 0 Å². The lowest BCUT2D eigenvalue weighted by atomic mass is 9.82. The summed E-state index contributed by atoms with van der Waals surface area (Å²) in [6.07, 6.45) is 1.62. The van der Waals surface area contributed by atoms with E-state index in [1.54, 1.807) is 14.0 Å². The summed E-state index contributed by atoms with van der Waals surface area (Å²) in [4.78, 5) is 13.4. The van der Waals surface area contributed by atoms with Gasteiger partial charge < -0.3 is 14.4 Å². The van der Waals surface area contributed by atoms with Crippen molar-refractivity contribution in [3.63, 3.8) is 0 Å². The molecule has 1 aromatic rings. The summed E-state index contributed by atoms with van der Waals surface area (Å²) in [7, 11) is 1.60. The number of aromatic nitrogens is 1. The molecule has 6 nitrogen and oxygen atoms in total. The first-order chi connectivity index (χ1) is 9.03. The zero-order valence-electron chi connectivity index (χ0n) is 11.4. The number of piperidine rings is 1. The van der Waals surface area contributed by atoms with Gasteiger partial charge >= 0.3 is 5.97 Å². The van der Waals surface area contributed by atoms with Crippen LogP contribution in [0.1, 0.15) is 31.2 Å². The second-order valence-electron chi connectivity index (χ2n) is 5.40. The van der Waals surface area contributed by atoms with Crippen LogP contribution in [0.2, 0.25) is 0 Å². The van der Waals surface area contributed by atoms with Gasteiger partial charge in [-0.3, -0.25) is 9.69 Å². The molecule has 0 amide bonds. The minimum absolute atomic E-state index is 0.403. The van der Waals surface area contributed by atoms with Crippen LogP contribution in [0.25, 0.3) is 0 Å². The van der Waals surface area contributed by atoms with Gasteiger partial charge in [0.15, 0.2) is 5.76 Å². The Morgan fingerprint density at radius 1 is 1.68 bits per heavy atom. The number of aliphatic carboxylic acids is 1. The molecule has 0 spiro atoms. The third-order valence-electron chi connectivity index (χ3n) is 3.57. The molecular weight excluding hydrogens is 248 g/mol. The number of likely N-dealkylation sites (tertiary alicyclic amines) is 1. The maximum atomic E-state index is 11.3. The molecule has 1 aliphatic heterocycles. The highest BCUT2D eigenvalue weighted by molar-refractivity contribution is 5.74. The number of methoxy groups -OCH3 is 1. The van der Waals surface area contributed by atoms with Crippen LogP contribution < -0.4 is 0 Å². The van der Waals surface area contributed by atoms with Crippen LogP contribution in [-0.4, -0.2) is 41.3 Å². The Kier molecular flexibility index (Phi) is 4.21. The summed E-state index contributed by atoms with van der Waals surface area (Å²) in [6, 6.07) is 1.86. The van der Waals surface area contributed by atoms with E-state index >= 15 is 0 Å². The molecular formula is C13H20N2O4. The first-order valence-corrected chi connectivity index (χ1v) is 6.43. The van der Waals surface area contributed by atoms with Crippen LogP contribution in [0, 0.1) is 5.41 Å². The average Bonchev–Trinajstić information content (AvgIpc) is 2.77. The smallest absolute Gasteiger partial charge is 0.310 e. The van der Waals surface area contributed by atoms with Gasteiger partial charge in [0.25, 0.3) is 0 Å². The predicted molar refractivity (Wildman–Crippen MR) is 67.5 cm³/mol. The number of carbonyl (C=O) groups is 1. The van der Waals surface area contributed by atoms with E-state index in [1.807, 2.05) is 6.07 Å². The number of carboxylic acid groups (broad SMARTS) is 1. The highest BCUT2D eigenvalue weighted by Crippen LogP contribution is 2.30.